The topological polar surface area (TPSA) is 74.3 Å². The molecule has 3 N–H and O–H groups in total. The van der Waals surface area contributed by atoms with Crippen molar-refractivity contribution in [3.05, 3.63) is 59.3 Å². The van der Waals surface area contributed by atoms with E-state index in [0.717, 1.165) is 17.7 Å². The molecule has 0 saturated carbocycles. The average molecular weight is 362 g/mol. The molecule has 1 aromatic heterocycles. The average Bonchev–Trinajstić information content (AvgIpc) is 3.07. The maximum absolute atomic E-state index is 12.5. The lowest BCUT2D eigenvalue weighted by molar-refractivity contribution is -0.274. The van der Waals surface area contributed by atoms with Gasteiger partial charge in [-0.1, -0.05) is 11.6 Å². The van der Waals surface area contributed by atoms with Crippen LogP contribution in [0.1, 0.15) is 16.7 Å². The van der Waals surface area contributed by atoms with Crippen LogP contribution in [0.5, 0.6) is 5.75 Å². The van der Waals surface area contributed by atoms with Gasteiger partial charge in [-0.2, -0.15) is 0 Å². The molecular weight excluding hydrogens is 349 g/mol. The predicted molar refractivity (Wildman–Crippen MR) is 87.8 cm³/mol. The Kier molecular flexibility index (Phi) is 3.32. The number of carbonyl (C=O) groups excluding carboxylic acids is 1. The zero-order chi connectivity index (χ0) is 18.7. The maximum Gasteiger partial charge on any atom is 0.573 e. The fraction of sp³-hybridized carbons (Fsp3) is 0.167. The van der Waals surface area contributed by atoms with E-state index in [1.165, 1.54) is 12.3 Å². The van der Waals surface area contributed by atoms with E-state index in [1.807, 2.05) is 13.0 Å². The molecule has 0 aliphatic carbocycles. The van der Waals surface area contributed by atoms with Gasteiger partial charge in [0.2, 0.25) is 0 Å². The Morgan fingerprint density at radius 2 is 1.88 bits per heavy atom. The van der Waals surface area contributed by atoms with Gasteiger partial charge in [-0.3, -0.25) is 4.79 Å². The van der Waals surface area contributed by atoms with Crippen molar-refractivity contribution in [3.8, 4) is 5.75 Å². The van der Waals surface area contributed by atoms with Crippen LogP contribution in [0.4, 0.5) is 18.9 Å². The molecule has 0 saturated heterocycles. The highest BCUT2D eigenvalue weighted by Crippen LogP contribution is 2.45. The van der Waals surface area contributed by atoms with Gasteiger partial charge in [-0.05, 0) is 37.3 Å². The molecule has 0 radical (unpaired) electrons. The number of aliphatic hydroxyl groups is 1. The fourth-order valence-electron chi connectivity index (χ4n) is 3.27. The maximum atomic E-state index is 12.5. The molecule has 5 nitrogen and oxygen atoms in total. The summed E-state index contributed by atoms with van der Waals surface area (Å²) in [4.78, 5) is 15.5. The summed E-state index contributed by atoms with van der Waals surface area (Å²) < 4.78 is 41.5. The third-order valence-corrected chi connectivity index (χ3v) is 4.42. The molecule has 2 aromatic carbocycles. The molecule has 8 heteroatoms. The third kappa shape index (κ3) is 2.41. The smallest absolute Gasteiger partial charge is 0.406 e. The number of aromatic amines is 1. The molecule has 26 heavy (non-hydrogen) atoms. The van der Waals surface area contributed by atoms with Crippen LogP contribution in [-0.4, -0.2) is 22.4 Å². The monoisotopic (exact) mass is 362 g/mol. The molecule has 134 valence electrons. The molecule has 0 bridgehead atoms. The highest BCUT2D eigenvalue weighted by molar-refractivity contribution is 6.09. The van der Waals surface area contributed by atoms with Gasteiger partial charge in [0.15, 0.2) is 5.60 Å². The largest absolute Gasteiger partial charge is 0.573 e. The van der Waals surface area contributed by atoms with Gasteiger partial charge in [0, 0.05) is 33.9 Å². The summed E-state index contributed by atoms with van der Waals surface area (Å²) in [6, 6.07) is 8.83. The number of H-pyrrole nitrogens is 1. The number of carbonyl (C=O) groups is 1. The van der Waals surface area contributed by atoms with E-state index in [2.05, 4.69) is 15.0 Å². The van der Waals surface area contributed by atoms with Crippen LogP contribution in [-0.2, 0) is 10.4 Å². The van der Waals surface area contributed by atoms with Crippen molar-refractivity contribution in [1.29, 1.82) is 0 Å². The van der Waals surface area contributed by atoms with Gasteiger partial charge in [0.25, 0.3) is 5.91 Å². The standard InChI is InChI=1S/C18H13F3N2O3/c1-9-2-4-14-11(6-9)13(8-22-14)17(25)12-7-10(26-18(19,20)21)3-5-15(12)23-16(17)24/h2-8,22,25H,1H3,(H,23,24). The first-order valence-corrected chi connectivity index (χ1v) is 7.71. The molecule has 1 aliphatic rings. The van der Waals surface area contributed by atoms with E-state index in [1.54, 1.807) is 12.1 Å². The number of nitrogens with one attached hydrogen (secondary N) is 2. The molecule has 3 aromatic rings. The Hall–Kier alpha value is -3.00. The number of rotatable bonds is 2. The lowest BCUT2D eigenvalue weighted by Gasteiger charge is -2.21. The summed E-state index contributed by atoms with van der Waals surface area (Å²) in [5.74, 6) is -1.25. The number of halogens is 3. The van der Waals surface area contributed by atoms with E-state index >= 15 is 0 Å². The van der Waals surface area contributed by atoms with Gasteiger partial charge < -0.3 is 20.1 Å². The number of hydrogen-bond donors (Lipinski definition) is 3. The molecule has 1 amide bonds. The zero-order valence-corrected chi connectivity index (χ0v) is 13.4. The SMILES string of the molecule is Cc1ccc2[nH]cc(C3(O)C(=O)Nc4ccc(OC(F)(F)F)cc43)c2c1. The van der Waals surface area contributed by atoms with Crippen molar-refractivity contribution in [2.45, 2.75) is 18.9 Å². The van der Waals surface area contributed by atoms with E-state index in [4.69, 9.17) is 0 Å². The van der Waals surface area contributed by atoms with Crippen LogP contribution in [0.2, 0.25) is 0 Å². The number of benzene rings is 2. The minimum absolute atomic E-state index is 0.00616. The second-order valence-corrected chi connectivity index (χ2v) is 6.17. The Balaban J connectivity index is 1.90. The zero-order valence-electron chi connectivity index (χ0n) is 13.4. The van der Waals surface area contributed by atoms with E-state index in [-0.39, 0.29) is 16.8 Å². The van der Waals surface area contributed by atoms with Crippen LogP contribution in [0, 0.1) is 6.92 Å². The van der Waals surface area contributed by atoms with Crippen molar-refractivity contribution in [2.75, 3.05) is 5.32 Å². The Morgan fingerprint density at radius 3 is 2.62 bits per heavy atom. The second-order valence-electron chi connectivity index (χ2n) is 6.17. The van der Waals surface area contributed by atoms with Crippen LogP contribution in [0.25, 0.3) is 10.9 Å². The highest BCUT2D eigenvalue weighted by Gasteiger charge is 2.48. The van der Waals surface area contributed by atoms with Gasteiger partial charge in [-0.25, -0.2) is 0 Å². The number of aromatic nitrogens is 1. The molecule has 0 fully saturated rings. The minimum atomic E-state index is -4.87. The van der Waals surface area contributed by atoms with Crippen LogP contribution >= 0.6 is 0 Å². The highest BCUT2D eigenvalue weighted by atomic mass is 19.4. The number of anilines is 1. The molecule has 1 atom stereocenters. The van der Waals surface area contributed by atoms with Gasteiger partial charge in [0.1, 0.15) is 5.75 Å². The third-order valence-electron chi connectivity index (χ3n) is 4.42. The van der Waals surface area contributed by atoms with Gasteiger partial charge in [0.05, 0.1) is 0 Å². The van der Waals surface area contributed by atoms with Crippen molar-refractivity contribution < 1.29 is 27.8 Å². The first kappa shape index (κ1) is 16.5. The molecule has 4 rings (SSSR count). The second kappa shape index (κ2) is 5.25. The number of alkyl halides is 3. The molecular formula is C18H13F3N2O3. The Morgan fingerprint density at radius 1 is 1.12 bits per heavy atom. The van der Waals surface area contributed by atoms with Crippen LogP contribution < -0.4 is 10.1 Å². The summed E-state index contributed by atoms with van der Waals surface area (Å²) in [5.41, 5.74) is -0.0261. The summed E-state index contributed by atoms with van der Waals surface area (Å²) in [5, 5.41) is 14.3. The number of amides is 1. The lowest BCUT2D eigenvalue weighted by atomic mass is 9.87. The Labute approximate surface area is 145 Å². The van der Waals surface area contributed by atoms with E-state index in [0.29, 0.717) is 10.9 Å². The van der Waals surface area contributed by atoms with Crippen LogP contribution in [0.15, 0.2) is 42.6 Å². The molecule has 1 unspecified atom stereocenters. The summed E-state index contributed by atoms with van der Waals surface area (Å²) in [6.45, 7) is 1.86. The summed E-state index contributed by atoms with van der Waals surface area (Å²) in [6.07, 6.45) is -3.39. The number of hydrogen-bond acceptors (Lipinski definition) is 3. The molecule has 1 aliphatic heterocycles. The van der Waals surface area contributed by atoms with Crippen molar-refractivity contribution >= 4 is 22.5 Å². The first-order valence-electron chi connectivity index (χ1n) is 7.71. The van der Waals surface area contributed by atoms with Crippen LogP contribution in [0.3, 0.4) is 0 Å². The lowest BCUT2D eigenvalue weighted by Crippen LogP contribution is -2.35. The summed E-state index contributed by atoms with van der Waals surface area (Å²) >= 11 is 0. The number of ether oxygens (including phenoxy) is 1. The number of fused-ring (bicyclic) bond motifs is 2. The van der Waals surface area contributed by atoms with Crippen molar-refractivity contribution in [2.24, 2.45) is 0 Å². The Bertz CT molecular complexity index is 1040. The van der Waals surface area contributed by atoms with E-state index < -0.39 is 23.6 Å². The predicted octanol–water partition coefficient (Wildman–Crippen LogP) is 3.56. The molecule has 2 heterocycles. The molecule has 0 spiro atoms. The minimum Gasteiger partial charge on any atom is -0.406 e. The number of aryl methyl sites for hydroxylation is 1. The van der Waals surface area contributed by atoms with Crippen molar-refractivity contribution in [1.82, 2.24) is 4.98 Å². The van der Waals surface area contributed by atoms with E-state index in [9.17, 15) is 23.1 Å². The first-order chi connectivity index (χ1) is 12.2. The van der Waals surface area contributed by atoms with Gasteiger partial charge in [-0.15, -0.1) is 13.2 Å². The normalized spacial score (nSPS) is 19.5. The quantitative estimate of drug-likeness (QED) is 0.653. The van der Waals surface area contributed by atoms with Gasteiger partial charge >= 0.3 is 6.36 Å². The fourth-order valence-corrected chi connectivity index (χ4v) is 3.27. The summed E-state index contributed by atoms with van der Waals surface area (Å²) in [7, 11) is 0. The van der Waals surface area contributed by atoms with Crippen molar-refractivity contribution in [3.63, 3.8) is 0 Å².